The third-order valence-electron chi connectivity index (χ3n) is 6.59. The number of carbonyl (C=O) groups is 1. The van der Waals surface area contributed by atoms with E-state index in [9.17, 15) is 4.79 Å². The van der Waals surface area contributed by atoms with Crippen molar-refractivity contribution >= 4 is 11.7 Å². The van der Waals surface area contributed by atoms with Crippen LogP contribution in [0.4, 0.5) is 10.5 Å². The first-order chi connectivity index (χ1) is 13.8. The van der Waals surface area contributed by atoms with Crippen LogP contribution in [0, 0.1) is 0 Å². The van der Waals surface area contributed by atoms with Crippen molar-refractivity contribution in [3.8, 4) is 0 Å². The van der Waals surface area contributed by atoms with Crippen LogP contribution in [0.3, 0.4) is 0 Å². The number of benzene rings is 1. The smallest absolute Gasteiger partial charge is 0.319 e. The Hall–Kier alpha value is -1.81. The van der Waals surface area contributed by atoms with Crippen molar-refractivity contribution < 1.29 is 4.79 Å². The molecule has 0 atom stereocenters. The van der Waals surface area contributed by atoms with Crippen molar-refractivity contribution in [3.63, 3.8) is 0 Å². The summed E-state index contributed by atoms with van der Waals surface area (Å²) in [5.74, 6) is 0. The molecular formula is C24H35N3O. The summed E-state index contributed by atoms with van der Waals surface area (Å²) in [4.78, 5) is 15.0. The van der Waals surface area contributed by atoms with Crippen LogP contribution in [0.2, 0.25) is 0 Å². The van der Waals surface area contributed by atoms with Crippen LogP contribution in [0.15, 0.2) is 29.8 Å². The average molecular weight is 382 g/mol. The largest absolute Gasteiger partial charge is 0.335 e. The number of nitrogens with zero attached hydrogens (tertiary/aromatic N) is 1. The lowest BCUT2D eigenvalue weighted by Crippen LogP contribution is -2.46. The second-order valence-corrected chi connectivity index (χ2v) is 8.80. The minimum Gasteiger partial charge on any atom is -0.335 e. The van der Waals surface area contributed by atoms with E-state index >= 15 is 0 Å². The van der Waals surface area contributed by atoms with Gasteiger partial charge in [0.25, 0.3) is 0 Å². The van der Waals surface area contributed by atoms with E-state index < -0.39 is 0 Å². The number of likely N-dealkylation sites (tertiary alicyclic amines) is 1. The minimum absolute atomic E-state index is 0.0564. The number of fused-ring (bicyclic) bond motifs is 1. The molecule has 4 rings (SSSR count). The molecule has 0 radical (unpaired) electrons. The molecule has 1 aromatic rings. The number of hydrogen-bond acceptors (Lipinski definition) is 2. The van der Waals surface area contributed by atoms with Crippen molar-refractivity contribution in [1.29, 1.82) is 0 Å². The zero-order valence-corrected chi connectivity index (χ0v) is 17.1. The summed E-state index contributed by atoms with van der Waals surface area (Å²) >= 11 is 0. The zero-order valence-electron chi connectivity index (χ0n) is 17.1. The third kappa shape index (κ3) is 5.38. The number of carbonyl (C=O) groups excluding carboxylic acids is 1. The van der Waals surface area contributed by atoms with Gasteiger partial charge in [-0.25, -0.2) is 4.79 Å². The molecule has 4 heteroatoms. The molecule has 4 nitrogen and oxygen atoms in total. The number of piperidine rings is 1. The minimum atomic E-state index is -0.0564. The van der Waals surface area contributed by atoms with Crippen LogP contribution in [0.5, 0.6) is 0 Å². The van der Waals surface area contributed by atoms with Crippen LogP contribution in [-0.2, 0) is 12.8 Å². The molecule has 2 amide bonds. The maximum absolute atomic E-state index is 12.4. The standard InChI is InChI=1S/C24H35N3O/c28-24(26-23-12-11-20-9-6-10-21(20)17-23)25-22-13-15-27(16-14-22)18-19-7-4-2-1-3-5-8-19/h7,11-12,17,22H,1-6,8-10,13-16,18H2,(H2,25,26,28). The highest BCUT2D eigenvalue weighted by atomic mass is 16.2. The highest BCUT2D eigenvalue weighted by molar-refractivity contribution is 5.89. The second kappa shape index (κ2) is 9.60. The van der Waals surface area contributed by atoms with Gasteiger partial charge in [-0.05, 0) is 81.0 Å². The van der Waals surface area contributed by atoms with Gasteiger partial charge in [0, 0.05) is 31.4 Å². The highest BCUT2D eigenvalue weighted by Gasteiger charge is 2.21. The molecule has 2 N–H and O–H groups in total. The first-order valence-electron chi connectivity index (χ1n) is 11.4. The van der Waals surface area contributed by atoms with Gasteiger partial charge in [-0.3, -0.25) is 4.90 Å². The molecule has 0 saturated carbocycles. The summed E-state index contributed by atoms with van der Waals surface area (Å²) in [7, 11) is 0. The summed E-state index contributed by atoms with van der Waals surface area (Å²) in [6.07, 6.45) is 16.2. The lowest BCUT2D eigenvalue weighted by Gasteiger charge is -2.33. The first-order valence-corrected chi connectivity index (χ1v) is 11.4. The SMILES string of the molecule is O=C(Nc1ccc2c(c1)CCC2)NC1CCN(CC2=CCCCCCC2)CC1. The molecule has 1 aromatic carbocycles. The Morgan fingerprint density at radius 1 is 0.964 bits per heavy atom. The van der Waals surface area contributed by atoms with E-state index in [2.05, 4.69) is 33.7 Å². The van der Waals surface area contributed by atoms with Crippen LogP contribution < -0.4 is 10.6 Å². The zero-order chi connectivity index (χ0) is 19.2. The van der Waals surface area contributed by atoms with Crippen LogP contribution in [-0.4, -0.2) is 36.6 Å². The Labute approximate surface area is 169 Å². The molecule has 1 saturated heterocycles. The summed E-state index contributed by atoms with van der Waals surface area (Å²) in [6, 6.07) is 6.58. The molecule has 1 aliphatic heterocycles. The lowest BCUT2D eigenvalue weighted by atomic mass is 9.98. The molecular weight excluding hydrogens is 346 g/mol. The fraction of sp³-hybridized carbons (Fsp3) is 0.625. The van der Waals surface area contributed by atoms with Crippen LogP contribution in [0.1, 0.15) is 68.9 Å². The molecule has 152 valence electrons. The van der Waals surface area contributed by atoms with E-state index in [0.29, 0.717) is 0 Å². The number of nitrogens with one attached hydrogen (secondary N) is 2. The van der Waals surface area contributed by atoms with E-state index in [-0.39, 0.29) is 12.1 Å². The molecule has 0 bridgehead atoms. The van der Waals surface area contributed by atoms with Gasteiger partial charge in [-0.1, -0.05) is 30.6 Å². The van der Waals surface area contributed by atoms with E-state index in [0.717, 1.165) is 44.6 Å². The van der Waals surface area contributed by atoms with Crippen LogP contribution in [0.25, 0.3) is 0 Å². The number of hydrogen-bond donors (Lipinski definition) is 2. The fourth-order valence-electron chi connectivity index (χ4n) is 4.93. The Bertz CT molecular complexity index is 704. The van der Waals surface area contributed by atoms with Crippen molar-refractivity contribution in [1.82, 2.24) is 10.2 Å². The predicted molar refractivity (Wildman–Crippen MR) is 116 cm³/mol. The second-order valence-electron chi connectivity index (χ2n) is 8.80. The number of urea groups is 1. The van der Waals surface area contributed by atoms with Gasteiger partial charge in [0.15, 0.2) is 0 Å². The summed E-state index contributed by atoms with van der Waals surface area (Å²) in [5, 5.41) is 6.22. The van der Waals surface area contributed by atoms with Gasteiger partial charge in [0.05, 0.1) is 0 Å². The maximum atomic E-state index is 12.4. The number of aryl methyl sites for hydroxylation is 2. The van der Waals surface area contributed by atoms with Gasteiger partial charge in [-0.2, -0.15) is 0 Å². The highest BCUT2D eigenvalue weighted by Crippen LogP contribution is 2.25. The quantitative estimate of drug-likeness (QED) is 0.718. The summed E-state index contributed by atoms with van der Waals surface area (Å²) in [6.45, 7) is 3.30. The van der Waals surface area contributed by atoms with Gasteiger partial charge >= 0.3 is 6.03 Å². The Morgan fingerprint density at radius 3 is 2.68 bits per heavy atom. The van der Waals surface area contributed by atoms with E-state index in [1.54, 1.807) is 5.57 Å². The van der Waals surface area contributed by atoms with Gasteiger partial charge in [0.2, 0.25) is 0 Å². The first kappa shape index (κ1) is 19.5. The van der Waals surface area contributed by atoms with Crippen molar-refractivity contribution in [2.75, 3.05) is 25.0 Å². The van der Waals surface area contributed by atoms with Crippen molar-refractivity contribution in [2.45, 2.75) is 76.7 Å². The average Bonchev–Trinajstić information content (AvgIpc) is 3.13. The Kier molecular flexibility index (Phi) is 6.69. The molecule has 1 fully saturated rings. The Morgan fingerprint density at radius 2 is 1.79 bits per heavy atom. The molecule has 2 aliphatic carbocycles. The summed E-state index contributed by atoms with van der Waals surface area (Å²) < 4.78 is 0. The number of amides is 2. The van der Waals surface area contributed by atoms with Gasteiger partial charge < -0.3 is 10.6 Å². The normalized spacial score (nSPS) is 21.4. The van der Waals surface area contributed by atoms with Crippen molar-refractivity contribution in [2.24, 2.45) is 0 Å². The fourth-order valence-corrected chi connectivity index (χ4v) is 4.93. The van der Waals surface area contributed by atoms with E-state index in [1.807, 2.05) is 6.07 Å². The van der Waals surface area contributed by atoms with Crippen LogP contribution >= 0.6 is 0 Å². The number of anilines is 1. The van der Waals surface area contributed by atoms with Gasteiger partial charge in [-0.15, -0.1) is 0 Å². The van der Waals surface area contributed by atoms with Gasteiger partial charge in [0.1, 0.15) is 0 Å². The maximum Gasteiger partial charge on any atom is 0.319 e. The molecule has 28 heavy (non-hydrogen) atoms. The third-order valence-corrected chi connectivity index (χ3v) is 6.59. The summed E-state index contributed by atoms with van der Waals surface area (Å²) in [5.41, 5.74) is 5.40. The lowest BCUT2D eigenvalue weighted by molar-refractivity contribution is 0.205. The topological polar surface area (TPSA) is 44.4 Å². The molecule has 0 unspecified atom stereocenters. The van der Waals surface area contributed by atoms with E-state index in [4.69, 9.17) is 0 Å². The molecule has 0 spiro atoms. The van der Waals surface area contributed by atoms with Crippen molar-refractivity contribution in [3.05, 3.63) is 41.0 Å². The molecule has 1 heterocycles. The monoisotopic (exact) mass is 381 g/mol. The molecule has 3 aliphatic rings. The van der Waals surface area contributed by atoms with E-state index in [1.165, 1.54) is 62.5 Å². The molecule has 0 aromatic heterocycles. The Balaban J connectivity index is 1.20. The number of rotatable bonds is 4. The predicted octanol–water partition coefficient (Wildman–Crippen LogP) is 5.04. The number of allylic oxidation sites excluding steroid dienone is 1.